The first-order valence-corrected chi connectivity index (χ1v) is 4.81. The molecule has 0 bridgehead atoms. The molecular weight excluding hydrogens is 234 g/mol. The van der Waals surface area contributed by atoms with Crippen LogP contribution in [0.2, 0.25) is 0 Å². The molecule has 0 radical (unpaired) electrons. The van der Waals surface area contributed by atoms with Gasteiger partial charge < -0.3 is 9.30 Å². The van der Waals surface area contributed by atoms with Crippen LogP contribution >= 0.6 is 15.9 Å². The van der Waals surface area contributed by atoms with E-state index in [1.165, 1.54) is 6.07 Å². The van der Waals surface area contributed by atoms with Gasteiger partial charge in [-0.15, -0.1) is 0 Å². The number of nitrogens with zero attached hydrogens (tertiary/aromatic N) is 1. The largest absolute Gasteiger partial charge is 0.380 e. The molecule has 0 aromatic carbocycles. The normalized spacial score (nSPS) is 12.8. The topological polar surface area (TPSA) is 31.2 Å². The van der Waals surface area contributed by atoms with Gasteiger partial charge >= 0.3 is 0 Å². The molecule has 0 aliphatic carbocycles. The van der Waals surface area contributed by atoms with E-state index >= 15 is 0 Å². The van der Waals surface area contributed by atoms with Crippen molar-refractivity contribution in [3.63, 3.8) is 0 Å². The Balaban J connectivity index is 2.87. The number of aromatic nitrogens is 1. The summed E-state index contributed by atoms with van der Waals surface area (Å²) in [5.41, 5.74) is -0.00731. The molecule has 0 amide bonds. The Bertz CT molecular complexity index is 335. The van der Waals surface area contributed by atoms with E-state index in [0.717, 1.165) is 4.47 Å². The van der Waals surface area contributed by atoms with Crippen LogP contribution in [0.5, 0.6) is 0 Å². The van der Waals surface area contributed by atoms with Gasteiger partial charge in [0.1, 0.15) is 0 Å². The third kappa shape index (κ3) is 2.97. The summed E-state index contributed by atoms with van der Waals surface area (Å²) in [5, 5.41) is 0. The molecular formula is C9H12BrNO2. The summed E-state index contributed by atoms with van der Waals surface area (Å²) in [6, 6.07) is 3.27. The molecule has 0 saturated heterocycles. The second-order valence-electron chi connectivity index (χ2n) is 2.88. The third-order valence-electron chi connectivity index (χ3n) is 1.80. The predicted molar refractivity (Wildman–Crippen MR) is 54.9 cm³/mol. The summed E-state index contributed by atoms with van der Waals surface area (Å²) in [7, 11) is 1.63. The highest BCUT2D eigenvalue weighted by Gasteiger charge is 2.02. The van der Waals surface area contributed by atoms with Gasteiger partial charge in [-0.25, -0.2) is 0 Å². The molecule has 13 heavy (non-hydrogen) atoms. The molecule has 0 aliphatic rings. The van der Waals surface area contributed by atoms with Gasteiger partial charge in [-0.1, -0.05) is 0 Å². The molecule has 1 aromatic heterocycles. The van der Waals surface area contributed by atoms with Crippen molar-refractivity contribution in [2.75, 3.05) is 7.11 Å². The van der Waals surface area contributed by atoms with Crippen LogP contribution < -0.4 is 5.56 Å². The summed E-state index contributed by atoms with van der Waals surface area (Å²) in [4.78, 5) is 11.3. The lowest BCUT2D eigenvalue weighted by molar-refractivity contribution is 0.102. The number of hydrogen-bond donors (Lipinski definition) is 0. The van der Waals surface area contributed by atoms with Gasteiger partial charge in [-0.05, 0) is 28.9 Å². The van der Waals surface area contributed by atoms with Crippen molar-refractivity contribution in [1.82, 2.24) is 4.57 Å². The maximum Gasteiger partial charge on any atom is 0.250 e. The lowest BCUT2D eigenvalue weighted by Gasteiger charge is -2.11. The van der Waals surface area contributed by atoms with Gasteiger partial charge in [0.15, 0.2) is 0 Å². The predicted octanol–water partition coefficient (Wildman–Crippen LogP) is 1.65. The van der Waals surface area contributed by atoms with Crippen molar-refractivity contribution in [3.05, 3.63) is 33.2 Å². The highest BCUT2D eigenvalue weighted by molar-refractivity contribution is 9.10. The van der Waals surface area contributed by atoms with Crippen LogP contribution in [0.25, 0.3) is 0 Å². The second-order valence-corrected chi connectivity index (χ2v) is 3.80. The Hall–Kier alpha value is -0.610. The maximum atomic E-state index is 11.3. The summed E-state index contributed by atoms with van der Waals surface area (Å²) < 4.78 is 7.60. The maximum absolute atomic E-state index is 11.3. The molecule has 1 atom stereocenters. The Morgan fingerprint density at radius 2 is 2.31 bits per heavy atom. The molecule has 1 heterocycles. The minimum atomic E-state index is -0.00731. The number of pyridine rings is 1. The first kappa shape index (κ1) is 10.5. The van der Waals surface area contributed by atoms with Gasteiger partial charge in [0.25, 0.3) is 5.56 Å². The van der Waals surface area contributed by atoms with Crippen molar-refractivity contribution in [3.8, 4) is 0 Å². The van der Waals surface area contributed by atoms with E-state index in [4.69, 9.17) is 4.74 Å². The molecule has 0 aliphatic heterocycles. The van der Waals surface area contributed by atoms with E-state index in [0.29, 0.717) is 6.54 Å². The van der Waals surface area contributed by atoms with E-state index in [-0.39, 0.29) is 11.7 Å². The number of rotatable bonds is 3. The summed E-state index contributed by atoms with van der Waals surface area (Å²) >= 11 is 3.31. The standard InChI is InChI=1S/C9H12BrNO2/c1-7(13-2)5-11-6-8(10)3-4-9(11)12/h3-4,6-7H,5H2,1-2H3. The minimum absolute atomic E-state index is 0.00731. The molecule has 72 valence electrons. The Kier molecular flexibility index (Phi) is 3.69. The summed E-state index contributed by atoms with van der Waals surface area (Å²) in [5.74, 6) is 0. The fraction of sp³-hybridized carbons (Fsp3) is 0.444. The van der Waals surface area contributed by atoms with E-state index in [1.54, 1.807) is 23.9 Å². The minimum Gasteiger partial charge on any atom is -0.380 e. The number of ether oxygens (including phenoxy) is 1. The Morgan fingerprint density at radius 3 is 2.92 bits per heavy atom. The van der Waals surface area contributed by atoms with Gasteiger partial charge in [-0.2, -0.15) is 0 Å². The Labute approximate surface area is 85.5 Å². The quantitative estimate of drug-likeness (QED) is 0.811. The highest BCUT2D eigenvalue weighted by Crippen LogP contribution is 2.05. The monoisotopic (exact) mass is 245 g/mol. The van der Waals surface area contributed by atoms with Crippen LogP contribution in [0.4, 0.5) is 0 Å². The zero-order valence-corrected chi connectivity index (χ0v) is 9.24. The fourth-order valence-electron chi connectivity index (χ4n) is 0.996. The molecule has 0 saturated carbocycles. The molecule has 0 fully saturated rings. The molecule has 3 nitrogen and oxygen atoms in total. The lowest BCUT2D eigenvalue weighted by atomic mass is 10.4. The van der Waals surface area contributed by atoms with Crippen LogP contribution in [0.3, 0.4) is 0 Å². The lowest BCUT2D eigenvalue weighted by Crippen LogP contribution is -2.24. The smallest absolute Gasteiger partial charge is 0.250 e. The average Bonchev–Trinajstić information content (AvgIpc) is 2.11. The van der Waals surface area contributed by atoms with E-state index in [2.05, 4.69) is 15.9 Å². The van der Waals surface area contributed by atoms with E-state index < -0.39 is 0 Å². The van der Waals surface area contributed by atoms with Gasteiger partial charge in [0.05, 0.1) is 12.6 Å². The van der Waals surface area contributed by atoms with Crippen LogP contribution in [0, 0.1) is 0 Å². The third-order valence-corrected chi connectivity index (χ3v) is 2.27. The molecule has 1 unspecified atom stereocenters. The van der Waals surface area contributed by atoms with Crippen LogP contribution in [0.15, 0.2) is 27.6 Å². The highest BCUT2D eigenvalue weighted by atomic mass is 79.9. The van der Waals surface area contributed by atoms with Crippen LogP contribution in [0.1, 0.15) is 6.92 Å². The molecule has 0 N–H and O–H groups in total. The second kappa shape index (κ2) is 4.58. The molecule has 4 heteroatoms. The molecule has 0 spiro atoms. The number of hydrogen-bond acceptors (Lipinski definition) is 2. The van der Waals surface area contributed by atoms with Crippen molar-refractivity contribution in [2.24, 2.45) is 0 Å². The zero-order valence-electron chi connectivity index (χ0n) is 7.66. The van der Waals surface area contributed by atoms with E-state index in [1.807, 2.05) is 6.92 Å². The number of halogens is 1. The zero-order chi connectivity index (χ0) is 9.84. The van der Waals surface area contributed by atoms with Gasteiger partial charge in [0, 0.05) is 23.8 Å². The van der Waals surface area contributed by atoms with Crippen molar-refractivity contribution in [2.45, 2.75) is 19.6 Å². The van der Waals surface area contributed by atoms with Gasteiger partial charge in [-0.3, -0.25) is 4.79 Å². The first-order valence-electron chi connectivity index (χ1n) is 4.02. The van der Waals surface area contributed by atoms with E-state index in [9.17, 15) is 4.79 Å². The summed E-state index contributed by atoms with van der Waals surface area (Å²) in [6.45, 7) is 2.50. The van der Waals surface area contributed by atoms with Crippen molar-refractivity contribution >= 4 is 15.9 Å². The molecule has 1 aromatic rings. The van der Waals surface area contributed by atoms with Crippen LogP contribution in [-0.2, 0) is 11.3 Å². The SMILES string of the molecule is COC(C)Cn1cc(Br)ccc1=O. The molecule has 1 rings (SSSR count). The van der Waals surface area contributed by atoms with Gasteiger partial charge in [0.2, 0.25) is 0 Å². The van der Waals surface area contributed by atoms with Crippen molar-refractivity contribution in [1.29, 1.82) is 0 Å². The average molecular weight is 246 g/mol. The number of methoxy groups -OCH3 is 1. The summed E-state index contributed by atoms with van der Waals surface area (Å²) in [6.07, 6.45) is 1.81. The first-order chi connectivity index (χ1) is 6.13. The Morgan fingerprint density at radius 1 is 1.62 bits per heavy atom. The van der Waals surface area contributed by atoms with Crippen molar-refractivity contribution < 1.29 is 4.74 Å². The van der Waals surface area contributed by atoms with Crippen LogP contribution in [-0.4, -0.2) is 17.8 Å². The fourth-order valence-corrected chi connectivity index (χ4v) is 1.38.